The van der Waals surface area contributed by atoms with Crippen LogP contribution in [-0.4, -0.2) is 33.7 Å². The van der Waals surface area contributed by atoms with Gasteiger partial charge in [-0.25, -0.2) is 4.98 Å². The zero-order valence-electron chi connectivity index (χ0n) is 16.6. The van der Waals surface area contributed by atoms with E-state index in [0.717, 1.165) is 10.6 Å². The predicted octanol–water partition coefficient (Wildman–Crippen LogP) is 3.91. The lowest BCUT2D eigenvalue weighted by molar-refractivity contribution is -0.116. The van der Waals surface area contributed by atoms with Crippen LogP contribution in [0.1, 0.15) is 9.67 Å². The second-order valence-corrected chi connectivity index (χ2v) is 7.58. The van der Waals surface area contributed by atoms with Gasteiger partial charge in [0.1, 0.15) is 22.2 Å². The number of ether oxygens (including phenoxy) is 1. The maximum Gasteiger partial charge on any atom is 0.267 e. The van der Waals surface area contributed by atoms with Crippen LogP contribution in [0.2, 0.25) is 0 Å². The van der Waals surface area contributed by atoms with Crippen LogP contribution in [0.4, 0.5) is 11.4 Å². The normalized spacial score (nSPS) is 10.5. The largest absolute Gasteiger partial charge is 0.497 e. The van der Waals surface area contributed by atoms with Crippen LogP contribution in [0.25, 0.3) is 10.6 Å². The predicted molar refractivity (Wildman–Crippen MR) is 119 cm³/mol. The second kappa shape index (κ2) is 9.23. The van der Waals surface area contributed by atoms with Crippen molar-refractivity contribution in [3.8, 4) is 16.3 Å². The molecule has 156 valence electrons. The average molecular weight is 433 g/mol. The molecule has 0 saturated carbocycles. The minimum absolute atomic E-state index is 0.0145. The molecule has 2 aromatic carbocycles. The zero-order chi connectivity index (χ0) is 21.6. The van der Waals surface area contributed by atoms with Gasteiger partial charge in [-0.05, 0) is 24.3 Å². The van der Waals surface area contributed by atoms with E-state index < -0.39 is 0 Å². The van der Waals surface area contributed by atoms with Crippen LogP contribution in [0.5, 0.6) is 5.75 Å². The molecular weight excluding hydrogens is 414 g/mol. The van der Waals surface area contributed by atoms with Gasteiger partial charge in [0.25, 0.3) is 5.91 Å². The van der Waals surface area contributed by atoms with Crippen LogP contribution in [0, 0.1) is 0 Å². The summed E-state index contributed by atoms with van der Waals surface area (Å²) in [4.78, 5) is 29.6. The van der Waals surface area contributed by atoms with Gasteiger partial charge in [-0.1, -0.05) is 30.3 Å². The third kappa shape index (κ3) is 5.14. The Morgan fingerprint density at radius 2 is 1.77 bits per heavy atom. The highest BCUT2D eigenvalue weighted by Gasteiger charge is 2.13. The molecule has 31 heavy (non-hydrogen) atoms. The van der Waals surface area contributed by atoms with Gasteiger partial charge in [-0.2, -0.15) is 5.10 Å². The molecule has 0 saturated heterocycles. The van der Waals surface area contributed by atoms with Crippen LogP contribution in [0.3, 0.4) is 0 Å². The minimum Gasteiger partial charge on any atom is -0.497 e. The Morgan fingerprint density at radius 3 is 2.52 bits per heavy atom. The number of nitrogens with zero attached hydrogens (tertiary/aromatic N) is 3. The summed E-state index contributed by atoms with van der Waals surface area (Å²) in [6, 6.07) is 16.7. The van der Waals surface area contributed by atoms with E-state index in [4.69, 9.17) is 4.74 Å². The van der Waals surface area contributed by atoms with Crippen LogP contribution in [0.15, 0.2) is 73.2 Å². The maximum absolute atomic E-state index is 12.5. The van der Waals surface area contributed by atoms with Crippen molar-refractivity contribution in [3.63, 3.8) is 0 Å². The second-order valence-electron chi connectivity index (χ2n) is 6.55. The Labute approximate surface area is 182 Å². The SMILES string of the molecule is COc1ccc(NC(=O)Cn2cc(NC(=O)c3cnc(-c4ccccc4)s3)cn2)cc1. The molecule has 4 aromatic rings. The highest BCUT2D eigenvalue weighted by molar-refractivity contribution is 7.17. The molecule has 0 spiro atoms. The van der Waals surface area contributed by atoms with E-state index in [2.05, 4.69) is 20.7 Å². The van der Waals surface area contributed by atoms with Gasteiger partial charge in [0, 0.05) is 17.4 Å². The number of aromatic nitrogens is 3. The molecule has 4 rings (SSSR count). The number of anilines is 2. The Balaban J connectivity index is 1.33. The molecule has 0 aliphatic heterocycles. The molecule has 0 radical (unpaired) electrons. The fourth-order valence-corrected chi connectivity index (χ4v) is 3.64. The Kier molecular flexibility index (Phi) is 6.04. The summed E-state index contributed by atoms with van der Waals surface area (Å²) in [5.74, 6) is 0.199. The lowest BCUT2D eigenvalue weighted by Crippen LogP contribution is -2.19. The minimum atomic E-state index is -0.276. The molecule has 8 nitrogen and oxygen atoms in total. The number of carbonyl (C=O) groups excluding carboxylic acids is 2. The number of nitrogens with one attached hydrogen (secondary N) is 2. The van der Waals surface area contributed by atoms with E-state index in [1.54, 1.807) is 43.8 Å². The van der Waals surface area contributed by atoms with Crippen molar-refractivity contribution < 1.29 is 14.3 Å². The smallest absolute Gasteiger partial charge is 0.267 e. The Morgan fingerprint density at radius 1 is 1.00 bits per heavy atom. The first-order valence-corrected chi connectivity index (χ1v) is 10.2. The molecule has 2 aromatic heterocycles. The number of thiazole rings is 1. The molecule has 2 N–H and O–H groups in total. The molecule has 0 atom stereocenters. The number of hydrogen-bond donors (Lipinski definition) is 2. The summed E-state index contributed by atoms with van der Waals surface area (Å²) in [6.07, 6.45) is 4.65. The third-order valence-electron chi connectivity index (χ3n) is 4.32. The number of benzene rings is 2. The molecule has 0 fully saturated rings. The van der Waals surface area contributed by atoms with Crippen LogP contribution < -0.4 is 15.4 Å². The summed E-state index contributed by atoms with van der Waals surface area (Å²) in [7, 11) is 1.58. The molecule has 0 bridgehead atoms. The summed E-state index contributed by atoms with van der Waals surface area (Å²) in [6.45, 7) is 0.0145. The molecule has 0 aliphatic carbocycles. The summed E-state index contributed by atoms with van der Waals surface area (Å²) >= 11 is 1.31. The van der Waals surface area contributed by atoms with E-state index >= 15 is 0 Å². The highest BCUT2D eigenvalue weighted by Crippen LogP contribution is 2.25. The lowest BCUT2D eigenvalue weighted by Gasteiger charge is -2.06. The van der Waals surface area contributed by atoms with Gasteiger partial charge in [0.15, 0.2) is 0 Å². The van der Waals surface area contributed by atoms with Crippen molar-refractivity contribution >= 4 is 34.5 Å². The van der Waals surface area contributed by atoms with Crippen molar-refractivity contribution in [2.45, 2.75) is 6.54 Å². The standard InChI is InChI=1S/C22H19N5O3S/c1-30-18-9-7-16(8-10-18)25-20(28)14-27-13-17(11-24-27)26-21(29)19-12-23-22(31-19)15-5-3-2-4-6-15/h2-13H,14H2,1H3,(H,25,28)(H,26,29). The van der Waals surface area contributed by atoms with E-state index in [9.17, 15) is 9.59 Å². The number of methoxy groups -OCH3 is 1. The van der Waals surface area contributed by atoms with Crippen molar-refractivity contribution in [2.75, 3.05) is 17.7 Å². The average Bonchev–Trinajstić information content (AvgIpc) is 3.45. The van der Waals surface area contributed by atoms with E-state index in [1.165, 1.54) is 22.2 Å². The highest BCUT2D eigenvalue weighted by atomic mass is 32.1. The van der Waals surface area contributed by atoms with Crippen molar-refractivity contribution in [3.05, 3.63) is 78.1 Å². The molecule has 0 aliphatic rings. The van der Waals surface area contributed by atoms with Crippen LogP contribution >= 0.6 is 11.3 Å². The number of rotatable bonds is 7. The van der Waals surface area contributed by atoms with Crippen molar-refractivity contribution in [1.29, 1.82) is 0 Å². The first-order valence-electron chi connectivity index (χ1n) is 9.39. The lowest BCUT2D eigenvalue weighted by atomic mass is 10.2. The fraction of sp³-hybridized carbons (Fsp3) is 0.0909. The first kappa shape index (κ1) is 20.3. The van der Waals surface area contributed by atoms with Crippen molar-refractivity contribution in [2.24, 2.45) is 0 Å². The molecule has 2 heterocycles. The number of amides is 2. The van der Waals surface area contributed by atoms with Gasteiger partial charge < -0.3 is 15.4 Å². The maximum atomic E-state index is 12.5. The van der Waals surface area contributed by atoms with Gasteiger partial charge in [0.2, 0.25) is 5.91 Å². The monoisotopic (exact) mass is 433 g/mol. The van der Waals surface area contributed by atoms with E-state index in [0.29, 0.717) is 22.0 Å². The Hall–Kier alpha value is -3.98. The topological polar surface area (TPSA) is 98.1 Å². The zero-order valence-corrected chi connectivity index (χ0v) is 17.4. The van der Waals surface area contributed by atoms with Crippen molar-refractivity contribution in [1.82, 2.24) is 14.8 Å². The Bertz CT molecular complexity index is 1190. The summed E-state index contributed by atoms with van der Waals surface area (Å²) in [5, 5.41) is 10.5. The van der Waals surface area contributed by atoms with E-state index in [1.807, 2.05) is 30.3 Å². The van der Waals surface area contributed by atoms with Gasteiger partial charge >= 0.3 is 0 Å². The van der Waals surface area contributed by atoms with Gasteiger partial charge in [-0.3, -0.25) is 14.3 Å². The fourth-order valence-electron chi connectivity index (χ4n) is 2.82. The molecule has 9 heteroatoms. The van der Waals surface area contributed by atoms with Gasteiger partial charge in [0.05, 0.1) is 25.2 Å². The van der Waals surface area contributed by atoms with Crippen LogP contribution in [-0.2, 0) is 11.3 Å². The van der Waals surface area contributed by atoms with E-state index in [-0.39, 0.29) is 18.4 Å². The summed E-state index contributed by atoms with van der Waals surface area (Å²) in [5.41, 5.74) is 2.12. The van der Waals surface area contributed by atoms with Gasteiger partial charge in [-0.15, -0.1) is 11.3 Å². The molecule has 2 amide bonds. The number of hydrogen-bond acceptors (Lipinski definition) is 6. The number of carbonyl (C=O) groups is 2. The quantitative estimate of drug-likeness (QED) is 0.461. The third-order valence-corrected chi connectivity index (χ3v) is 5.37. The molecule has 0 unspecified atom stereocenters. The summed E-state index contributed by atoms with van der Waals surface area (Å²) < 4.78 is 6.55. The molecular formula is C22H19N5O3S. The first-order chi connectivity index (χ1) is 15.1.